The van der Waals surface area contributed by atoms with E-state index in [0.29, 0.717) is 6.61 Å². The van der Waals surface area contributed by atoms with Gasteiger partial charge >= 0.3 is 6.09 Å². The number of carbonyl (C=O) groups is 1. The average molecular weight is 188 g/mol. The third-order valence-corrected chi connectivity index (χ3v) is 1.28. The SMILES string of the molecule is CCOC(=O)N=NC1OC1OCC. The molecule has 0 aliphatic carbocycles. The molecule has 1 saturated heterocycles. The summed E-state index contributed by atoms with van der Waals surface area (Å²) in [5.41, 5.74) is 0. The molecule has 1 heterocycles. The minimum Gasteiger partial charge on any atom is -0.447 e. The number of rotatable bonds is 4. The Hall–Kier alpha value is -1.01. The molecule has 2 unspecified atom stereocenters. The molecule has 1 aliphatic rings. The Balaban J connectivity index is 2.15. The number of ether oxygens (including phenoxy) is 3. The number of epoxide rings is 1. The maximum atomic E-state index is 10.7. The summed E-state index contributed by atoms with van der Waals surface area (Å²) in [5.74, 6) is 0. The highest BCUT2D eigenvalue weighted by molar-refractivity contribution is 5.67. The van der Waals surface area contributed by atoms with E-state index in [-0.39, 0.29) is 12.9 Å². The number of carbonyl (C=O) groups excluding carboxylic acids is 1. The first-order valence-electron chi connectivity index (χ1n) is 4.12. The Labute approximate surface area is 75.9 Å². The van der Waals surface area contributed by atoms with E-state index in [1.165, 1.54) is 0 Å². The minimum absolute atomic E-state index is 0.290. The van der Waals surface area contributed by atoms with E-state index < -0.39 is 12.3 Å². The maximum absolute atomic E-state index is 10.7. The van der Waals surface area contributed by atoms with Crippen LogP contribution in [-0.2, 0) is 14.2 Å². The molecule has 0 radical (unpaired) electrons. The zero-order valence-corrected chi connectivity index (χ0v) is 7.60. The second-order valence-electron chi connectivity index (χ2n) is 2.26. The minimum atomic E-state index is -0.701. The molecule has 1 rings (SSSR count). The van der Waals surface area contributed by atoms with Gasteiger partial charge in [-0.15, -0.1) is 5.11 Å². The fourth-order valence-corrected chi connectivity index (χ4v) is 0.716. The van der Waals surface area contributed by atoms with Crippen molar-refractivity contribution in [2.75, 3.05) is 13.2 Å². The van der Waals surface area contributed by atoms with Gasteiger partial charge < -0.3 is 14.2 Å². The van der Waals surface area contributed by atoms with Crippen molar-refractivity contribution in [3.63, 3.8) is 0 Å². The van der Waals surface area contributed by atoms with Crippen molar-refractivity contribution in [1.29, 1.82) is 0 Å². The van der Waals surface area contributed by atoms with Crippen LogP contribution in [-0.4, -0.2) is 31.8 Å². The fourth-order valence-electron chi connectivity index (χ4n) is 0.716. The number of amides is 1. The number of hydrogen-bond donors (Lipinski definition) is 0. The van der Waals surface area contributed by atoms with Gasteiger partial charge in [0.05, 0.1) is 6.61 Å². The summed E-state index contributed by atoms with van der Waals surface area (Å²) >= 11 is 0. The van der Waals surface area contributed by atoms with Gasteiger partial charge in [0.1, 0.15) is 0 Å². The summed E-state index contributed by atoms with van der Waals surface area (Å²) in [4.78, 5) is 10.7. The first-order chi connectivity index (χ1) is 6.27. The van der Waals surface area contributed by atoms with Crippen LogP contribution in [0.1, 0.15) is 13.8 Å². The molecular formula is C7H12N2O4. The van der Waals surface area contributed by atoms with Gasteiger partial charge in [0.15, 0.2) is 0 Å². The molecule has 0 spiro atoms. The first kappa shape index (κ1) is 10.1. The average Bonchev–Trinajstić information content (AvgIpc) is 2.82. The highest BCUT2D eigenvalue weighted by atomic mass is 16.8. The van der Waals surface area contributed by atoms with Crippen molar-refractivity contribution in [2.24, 2.45) is 10.2 Å². The highest BCUT2D eigenvalue weighted by Gasteiger charge is 2.40. The Kier molecular flexibility index (Phi) is 3.78. The monoisotopic (exact) mass is 188 g/mol. The summed E-state index contributed by atoms with van der Waals surface area (Å²) in [6.07, 6.45) is -1.49. The fraction of sp³-hybridized carbons (Fsp3) is 0.857. The van der Waals surface area contributed by atoms with E-state index in [9.17, 15) is 4.79 Å². The second-order valence-corrected chi connectivity index (χ2v) is 2.26. The van der Waals surface area contributed by atoms with Crippen molar-refractivity contribution in [3.8, 4) is 0 Å². The van der Waals surface area contributed by atoms with Crippen LogP contribution in [0.2, 0.25) is 0 Å². The van der Waals surface area contributed by atoms with Crippen molar-refractivity contribution < 1.29 is 19.0 Å². The smallest absolute Gasteiger partial charge is 0.447 e. The lowest BCUT2D eigenvalue weighted by Gasteiger charge is -1.91. The topological polar surface area (TPSA) is 72.8 Å². The van der Waals surface area contributed by atoms with E-state index in [1.807, 2.05) is 6.92 Å². The second kappa shape index (κ2) is 4.88. The van der Waals surface area contributed by atoms with Gasteiger partial charge in [-0.3, -0.25) is 0 Å². The lowest BCUT2D eigenvalue weighted by Crippen LogP contribution is -1.99. The number of nitrogens with zero attached hydrogens (tertiary/aromatic N) is 2. The zero-order valence-electron chi connectivity index (χ0n) is 7.60. The highest BCUT2D eigenvalue weighted by Crippen LogP contribution is 2.24. The molecule has 0 N–H and O–H groups in total. The molecule has 0 aromatic rings. The van der Waals surface area contributed by atoms with Gasteiger partial charge in [0.2, 0.25) is 12.5 Å². The lowest BCUT2D eigenvalue weighted by molar-refractivity contribution is 0.0593. The van der Waals surface area contributed by atoms with Crippen molar-refractivity contribution in [3.05, 3.63) is 0 Å². The molecular weight excluding hydrogens is 176 g/mol. The van der Waals surface area contributed by atoms with E-state index >= 15 is 0 Å². The first-order valence-corrected chi connectivity index (χ1v) is 4.12. The molecule has 0 saturated carbocycles. The summed E-state index contributed by atoms with van der Waals surface area (Å²) < 4.78 is 14.4. The van der Waals surface area contributed by atoms with Crippen molar-refractivity contribution in [1.82, 2.24) is 0 Å². The molecule has 0 aromatic carbocycles. The quantitative estimate of drug-likeness (QED) is 0.492. The lowest BCUT2D eigenvalue weighted by atomic mass is 10.7. The van der Waals surface area contributed by atoms with Gasteiger partial charge in [-0.1, -0.05) is 5.11 Å². The van der Waals surface area contributed by atoms with E-state index in [0.717, 1.165) is 0 Å². The molecule has 1 fully saturated rings. The zero-order chi connectivity index (χ0) is 9.68. The third kappa shape index (κ3) is 3.47. The largest absolute Gasteiger partial charge is 0.452 e. The number of hydrogen-bond acceptors (Lipinski definition) is 5. The van der Waals surface area contributed by atoms with Crippen LogP contribution in [0, 0.1) is 0 Å². The molecule has 0 aromatic heterocycles. The normalized spacial score (nSPS) is 26.3. The van der Waals surface area contributed by atoms with Crippen molar-refractivity contribution in [2.45, 2.75) is 26.4 Å². The van der Waals surface area contributed by atoms with E-state index in [4.69, 9.17) is 9.47 Å². The van der Waals surface area contributed by atoms with Crippen LogP contribution in [0.15, 0.2) is 10.2 Å². The van der Waals surface area contributed by atoms with Gasteiger partial charge in [-0.2, -0.15) is 0 Å². The summed E-state index contributed by atoms with van der Waals surface area (Å²) in [6.45, 7) is 4.39. The van der Waals surface area contributed by atoms with E-state index in [1.54, 1.807) is 6.92 Å². The molecule has 6 heteroatoms. The van der Waals surface area contributed by atoms with E-state index in [2.05, 4.69) is 15.0 Å². The van der Waals surface area contributed by atoms with Crippen LogP contribution in [0.4, 0.5) is 4.79 Å². The molecule has 1 aliphatic heterocycles. The molecule has 0 bridgehead atoms. The van der Waals surface area contributed by atoms with Crippen molar-refractivity contribution >= 4 is 6.09 Å². The predicted molar refractivity (Wildman–Crippen MR) is 42.2 cm³/mol. The van der Waals surface area contributed by atoms with Crippen LogP contribution in [0.5, 0.6) is 0 Å². The maximum Gasteiger partial charge on any atom is 0.452 e. The van der Waals surface area contributed by atoms with Crippen LogP contribution < -0.4 is 0 Å². The Morgan fingerprint density at radius 3 is 2.85 bits per heavy atom. The van der Waals surface area contributed by atoms with Gasteiger partial charge in [0.25, 0.3) is 0 Å². The summed E-state index contributed by atoms with van der Waals surface area (Å²) in [5, 5.41) is 6.82. The Morgan fingerprint density at radius 2 is 2.23 bits per heavy atom. The van der Waals surface area contributed by atoms with Gasteiger partial charge in [-0.05, 0) is 13.8 Å². The standard InChI is InChI=1S/C7H12N2O4/c1-3-11-6-5(13-6)8-9-7(10)12-4-2/h5-6H,3-4H2,1-2H3. The molecule has 74 valence electrons. The Morgan fingerprint density at radius 1 is 1.46 bits per heavy atom. The van der Waals surface area contributed by atoms with Gasteiger partial charge in [0, 0.05) is 6.61 Å². The van der Waals surface area contributed by atoms with Crippen LogP contribution in [0.3, 0.4) is 0 Å². The molecule has 13 heavy (non-hydrogen) atoms. The summed E-state index contributed by atoms with van der Waals surface area (Å²) in [7, 11) is 0. The Bertz CT molecular complexity index is 207. The molecule has 1 amide bonds. The summed E-state index contributed by atoms with van der Waals surface area (Å²) in [6, 6.07) is 0. The van der Waals surface area contributed by atoms with Crippen LogP contribution in [0.25, 0.3) is 0 Å². The van der Waals surface area contributed by atoms with Gasteiger partial charge in [-0.25, -0.2) is 4.79 Å². The predicted octanol–water partition coefficient (Wildman–Crippen LogP) is 1.31. The van der Waals surface area contributed by atoms with Crippen LogP contribution >= 0.6 is 0 Å². The third-order valence-electron chi connectivity index (χ3n) is 1.28. The number of azo groups is 1. The molecule has 2 atom stereocenters. The molecule has 6 nitrogen and oxygen atoms in total.